The minimum Gasteiger partial charge on any atom is -0.465 e. The number of hydrogen-bond donors (Lipinski definition) is 2. The van der Waals surface area contributed by atoms with Crippen LogP contribution in [0.15, 0.2) is 16.2 Å². The summed E-state index contributed by atoms with van der Waals surface area (Å²) in [5.41, 5.74) is 1.98. The van der Waals surface area contributed by atoms with Crippen molar-refractivity contribution in [1.82, 2.24) is 5.16 Å². The SMILES string of the molecule is COC(=O)c1scc(C)c1NC(=O)C[N+]1(CC(=O)Nc2nocc2C)CCC(O[Si](C)(C)C(C)(C)C)CC1. The van der Waals surface area contributed by atoms with Gasteiger partial charge in [0.2, 0.25) is 0 Å². The van der Waals surface area contributed by atoms with Crippen molar-refractivity contribution in [3.8, 4) is 0 Å². The van der Waals surface area contributed by atoms with E-state index in [1.807, 2.05) is 12.3 Å². The number of likely N-dealkylation sites (tertiary alicyclic amines) is 1. The molecule has 0 radical (unpaired) electrons. The minimum absolute atomic E-state index is 0.0912. The van der Waals surface area contributed by atoms with Crippen LogP contribution in [0.25, 0.3) is 0 Å². The Kier molecular flexibility index (Phi) is 9.23. The van der Waals surface area contributed by atoms with Crippen molar-refractivity contribution < 1.29 is 32.6 Å². The summed E-state index contributed by atoms with van der Waals surface area (Å²) in [6.07, 6.45) is 3.07. The molecule has 210 valence electrons. The zero-order chi connectivity index (χ0) is 28.3. The summed E-state index contributed by atoms with van der Waals surface area (Å²) >= 11 is 1.23. The Balaban J connectivity index is 1.76. The number of thiophene rings is 1. The highest BCUT2D eigenvalue weighted by atomic mass is 32.1. The number of nitrogens with one attached hydrogen (secondary N) is 2. The van der Waals surface area contributed by atoms with Crippen molar-refractivity contribution in [3.05, 3.63) is 27.6 Å². The normalized spacial score (nSPS) is 20.2. The molecule has 2 aromatic heterocycles. The zero-order valence-electron chi connectivity index (χ0n) is 23.7. The Hall–Kier alpha value is -2.54. The van der Waals surface area contributed by atoms with Crippen LogP contribution in [0.4, 0.5) is 11.5 Å². The smallest absolute Gasteiger partial charge is 0.350 e. The number of piperidine rings is 1. The average Bonchev–Trinajstić information content (AvgIpc) is 3.38. The molecule has 3 rings (SSSR count). The van der Waals surface area contributed by atoms with E-state index in [0.29, 0.717) is 29.5 Å². The Morgan fingerprint density at radius 2 is 1.71 bits per heavy atom. The molecule has 0 aromatic carbocycles. The van der Waals surface area contributed by atoms with Crippen LogP contribution >= 0.6 is 11.3 Å². The third-order valence-corrected chi connectivity index (χ3v) is 13.3. The maximum Gasteiger partial charge on any atom is 0.350 e. The van der Waals surface area contributed by atoms with Crippen molar-refractivity contribution in [2.24, 2.45) is 0 Å². The quantitative estimate of drug-likeness (QED) is 0.257. The van der Waals surface area contributed by atoms with Gasteiger partial charge in [-0.3, -0.25) is 9.59 Å². The van der Waals surface area contributed by atoms with Gasteiger partial charge in [-0.15, -0.1) is 11.3 Å². The number of esters is 1. The molecule has 1 aliphatic rings. The second-order valence-corrected chi connectivity index (χ2v) is 17.4. The number of carbonyl (C=O) groups excluding carboxylic acids is 3. The molecule has 1 saturated heterocycles. The predicted molar refractivity (Wildman–Crippen MR) is 150 cm³/mol. The average molecular weight is 566 g/mol. The lowest BCUT2D eigenvalue weighted by molar-refractivity contribution is -0.918. The Morgan fingerprint density at radius 1 is 1.11 bits per heavy atom. The molecule has 1 aliphatic heterocycles. The molecule has 2 amide bonds. The topological polar surface area (TPSA) is 120 Å². The second kappa shape index (κ2) is 11.7. The molecule has 1 fully saturated rings. The highest BCUT2D eigenvalue weighted by molar-refractivity contribution is 7.12. The number of hydrogen-bond acceptors (Lipinski definition) is 8. The Morgan fingerprint density at radius 3 is 2.24 bits per heavy atom. The highest BCUT2D eigenvalue weighted by Gasteiger charge is 2.43. The molecule has 0 unspecified atom stereocenters. The molecule has 2 N–H and O–H groups in total. The number of anilines is 2. The largest absolute Gasteiger partial charge is 0.465 e. The van der Waals surface area contributed by atoms with E-state index in [1.54, 1.807) is 6.92 Å². The number of rotatable bonds is 9. The van der Waals surface area contributed by atoms with Crippen molar-refractivity contribution in [1.29, 1.82) is 0 Å². The number of carbonyl (C=O) groups is 3. The summed E-state index contributed by atoms with van der Waals surface area (Å²) < 4.78 is 16.7. The fourth-order valence-electron chi connectivity index (χ4n) is 4.38. The summed E-state index contributed by atoms with van der Waals surface area (Å²) in [6, 6.07) is 0. The third-order valence-electron chi connectivity index (χ3n) is 7.69. The Labute approximate surface area is 229 Å². The highest BCUT2D eigenvalue weighted by Crippen LogP contribution is 2.39. The molecular weight excluding hydrogens is 524 g/mol. The van der Waals surface area contributed by atoms with Crippen LogP contribution in [-0.4, -0.2) is 75.1 Å². The van der Waals surface area contributed by atoms with Gasteiger partial charge in [-0.2, -0.15) is 0 Å². The van der Waals surface area contributed by atoms with E-state index in [9.17, 15) is 14.4 Å². The van der Waals surface area contributed by atoms with Crippen molar-refractivity contribution >= 4 is 48.9 Å². The van der Waals surface area contributed by atoms with E-state index >= 15 is 0 Å². The first-order chi connectivity index (χ1) is 17.7. The van der Waals surface area contributed by atoms with Gasteiger partial charge >= 0.3 is 5.97 Å². The van der Waals surface area contributed by atoms with E-state index in [-0.39, 0.29) is 40.5 Å². The standard InChI is InChI=1S/C26H40N4O6SSi/c1-17-15-35-29-24(17)28-21(32)14-30(11-9-19(10-12-30)36-38(7,8)26(3,4)5)13-20(31)27-22-18(2)16-37-23(22)25(33)34-6/h15-16,19H,9-14H2,1-8H3,(H-,27,28,29,31,32,33)/p+1. The summed E-state index contributed by atoms with van der Waals surface area (Å²) in [5, 5.41) is 11.5. The van der Waals surface area contributed by atoms with Gasteiger partial charge in [0.15, 0.2) is 27.2 Å². The summed E-state index contributed by atoms with van der Waals surface area (Å²) in [6.45, 7) is 16.2. The molecular formula is C26H41N4O6SSi+. The Bertz CT molecular complexity index is 1160. The van der Waals surface area contributed by atoms with Crippen LogP contribution < -0.4 is 10.6 Å². The monoisotopic (exact) mass is 565 g/mol. The van der Waals surface area contributed by atoms with Gasteiger partial charge in [0.25, 0.3) is 11.8 Å². The number of amides is 2. The third kappa shape index (κ3) is 7.10. The fourth-order valence-corrected chi connectivity index (χ4v) is 6.73. The van der Waals surface area contributed by atoms with Crippen LogP contribution in [0, 0.1) is 13.8 Å². The number of methoxy groups -OCH3 is 1. The first-order valence-electron chi connectivity index (χ1n) is 12.9. The van der Waals surface area contributed by atoms with Crippen LogP contribution in [0.3, 0.4) is 0 Å². The first-order valence-corrected chi connectivity index (χ1v) is 16.7. The van der Waals surface area contributed by atoms with Crippen molar-refractivity contribution in [2.75, 3.05) is 43.9 Å². The molecule has 12 heteroatoms. The van der Waals surface area contributed by atoms with E-state index < -0.39 is 14.3 Å². The van der Waals surface area contributed by atoms with Gasteiger partial charge in [0.1, 0.15) is 11.1 Å². The number of aromatic nitrogens is 1. The van der Waals surface area contributed by atoms with Gasteiger partial charge in [-0.1, -0.05) is 25.9 Å². The van der Waals surface area contributed by atoms with Crippen LogP contribution in [0.5, 0.6) is 0 Å². The summed E-state index contributed by atoms with van der Waals surface area (Å²) in [5.74, 6) is -0.607. The summed E-state index contributed by atoms with van der Waals surface area (Å²) in [7, 11) is -0.636. The number of ether oxygens (including phenoxy) is 1. The van der Waals surface area contributed by atoms with Gasteiger partial charge in [0, 0.05) is 18.4 Å². The van der Waals surface area contributed by atoms with Gasteiger partial charge < -0.3 is 28.8 Å². The molecule has 3 heterocycles. The molecule has 0 spiro atoms. The van der Waals surface area contributed by atoms with E-state index in [2.05, 4.69) is 49.7 Å². The number of aryl methyl sites for hydroxylation is 2. The minimum atomic E-state index is -1.95. The molecule has 2 aromatic rings. The van der Waals surface area contributed by atoms with E-state index in [0.717, 1.165) is 24.0 Å². The first kappa shape index (κ1) is 30.0. The van der Waals surface area contributed by atoms with Crippen molar-refractivity contribution in [2.45, 2.75) is 71.7 Å². The lowest BCUT2D eigenvalue weighted by atomic mass is 10.0. The van der Waals surface area contributed by atoms with Gasteiger partial charge in [0.05, 0.1) is 32.0 Å². The molecule has 0 atom stereocenters. The fraction of sp³-hybridized carbons (Fsp3) is 0.615. The van der Waals surface area contributed by atoms with Gasteiger partial charge in [-0.25, -0.2) is 4.79 Å². The van der Waals surface area contributed by atoms with Crippen LogP contribution in [-0.2, 0) is 18.8 Å². The molecule has 0 aliphatic carbocycles. The molecule has 0 saturated carbocycles. The maximum absolute atomic E-state index is 13.3. The molecule has 10 nitrogen and oxygen atoms in total. The van der Waals surface area contributed by atoms with Gasteiger partial charge in [-0.05, 0) is 42.9 Å². The molecule has 0 bridgehead atoms. The summed E-state index contributed by atoms with van der Waals surface area (Å²) in [4.78, 5) is 39.0. The predicted octanol–water partition coefficient (Wildman–Crippen LogP) is 4.72. The maximum atomic E-state index is 13.3. The number of nitrogens with zero attached hydrogens (tertiary/aromatic N) is 2. The van der Waals surface area contributed by atoms with E-state index in [4.69, 9.17) is 13.7 Å². The lowest BCUT2D eigenvalue weighted by Crippen LogP contribution is -2.61. The lowest BCUT2D eigenvalue weighted by Gasteiger charge is -2.45. The molecule has 38 heavy (non-hydrogen) atoms. The zero-order valence-corrected chi connectivity index (χ0v) is 25.5. The van der Waals surface area contributed by atoms with Crippen LogP contribution in [0.1, 0.15) is 54.4 Å². The second-order valence-electron chi connectivity index (χ2n) is 11.7. The van der Waals surface area contributed by atoms with Crippen LogP contribution in [0.2, 0.25) is 18.1 Å². The van der Waals surface area contributed by atoms with E-state index in [1.165, 1.54) is 24.7 Å². The number of quaternary nitrogens is 1. The van der Waals surface area contributed by atoms with Crippen molar-refractivity contribution in [3.63, 3.8) is 0 Å².